The Hall–Kier alpha value is -3.56. The Balaban J connectivity index is 1.20. The van der Waals surface area contributed by atoms with Gasteiger partial charge in [-0.15, -0.1) is 0 Å². The number of anilines is 1. The van der Waals surface area contributed by atoms with E-state index in [1.807, 2.05) is 68.1 Å². The van der Waals surface area contributed by atoms with E-state index in [0.29, 0.717) is 37.0 Å². The normalized spacial score (nSPS) is 14.7. The summed E-state index contributed by atoms with van der Waals surface area (Å²) in [5.41, 5.74) is 4.87. The average molecular weight is 463 g/mol. The van der Waals surface area contributed by atoms with Crippen LogP contribution in [0.5, 0.6) is 0 Å². The van der Waals surface area contributed by atoms with E-state index in [1.165, 1.54) is 5.56 Å². The lowest BCUT2D eigenvalue weighted by atomic mass is 10.1. The highest BCUT2D eigenvalue weighted by atomic mass is 16.5. The Kier molecular flexibility index (Phi) is 7.34. The van der Waals surface area contributed by atoms with Gasteiger partial charge in [-0.2, -0.15) is 4.98 Å². The van der Waals surface area contributed by atoms with Gasteiger partial charge >= 0.3 is 6.03 Å². The van der Waals surface area contributed by atoms with Crippen LogP contribution in [-0.4, -0.2) is 64.6 Å². The van der Waals surface area contributed by atoms with Gasteiger partial charge in [-0.25, -0.2) is 4.79 Å². The molecule has 0 saturated carbocycles. The predicted molar refractivity (Wildman–Crippen MR) is 129 cm³/mol. The molecular weight excluding hydrogens is 432 g/mol. The van der Waals surface area contributed by atoms with Gasteiger partial charge in [0.2, 0.25) is 17.6 Å². The van der Waals surface area contributed by atoms with Crippen molar-refractivity contribution in [2.75, 3.05) is 38.0 Å². The minimum atomic E-state index is -0.516. The SMILES string of the molecule is Cc1ccc(-c2noc(CN3CCN(CC(=O)NC(=O)Nc4cccc(C)c4C)CC3)n2)cc1. The van der Waals surface area contributed by atoms with Crippen molar-refractivity contribution in [2.45, 2.75) is 27.3 Å². The number of aromatic nitrogens is 2. The van der Waals surface area contributed by atoms with Crippen molar-refractivity contribution in [3.8, 4) is 11.4 Å². The van der Waals surface area contributed by atoms with E-state index in [-0.39, 0.29) is 12.5 Å². The van der Waals surface area contributed by atoms with Crippen LogP contribution in [0.15, 0.2) is 47.0 Å². The van der Waals surface area contributed by atoms with Gasteiger partial charge in [0.15, 0.2) is 0 Å². The summed E-state index contributed by atoms with van der Waals surface area (Å²) in [6.45, 7) is 9.65. The summed E-state index contributed by atoms with van der Waals surface area (Å²) in [5, 5.41) is 9.26. The fourth-order valence-electron chi connectivity index (χ4n) is 3.85. The molecule has 2 N–H and O–H groups in total. The number of nitrogens with one attached hydrogen (secondary N) is 2. The van der Waals surface area contributed by atoms with Crippen LogP contribution >= 0.6 is 0 Å². The molecule has 2 heterocycles. The molecule has 9 nitrogen and oxygen atoms in total. The Morgan fingerprint density at radius 1 is 0.971 bits per heavy atom. The average Bonchev–Trinajstić information content (AvgIpc) is 3.27. The van der Waals surface area contributed by atoms with Gasteiger partial charge in [-0.05, 0) is 38.0 Å². The number of hydrogen-bond donors (Lipinski definition) is 2. The lowest BCUT2D eigenvalue weighted by molar-refractivity contribution is -0.121. The molecule has 34 heavy (non-hydrogen) atoms. The third-order valence-electron chi connectivity index (χ3n) is 6.07. The third-order valence-corrected chi connectivity index (χ3v) is 6.07. The second-order valence-corrected chi connectivity index (χ2v) is 8.68. The van der Waals surface area contributed by atoms with Crippen LogP contribution in [0.3, 0.4) is 0 Å². The number of nitrogens with zero attached hydrogens (tertiary/aromatic N) is 4. The zero-order chi connectivity index (χ0) is 24.1. The van der Waals surface area contributed by atoms with E-state index < -0.39 is 6.03 Å². The van der Waals surface area contributed by atoms with E-state index in [4.69, 9.17) is 4.52 Å². The number of hydrogen-bond acceptors (Lipinski definition) is 7. The van der Waals surface area contributed by atoms with Crippen LogP contribution in [0.1, 0.15) is 22.6 Å². The van der Waals surface area contributed by atoms with E-state index in [9.17, 15) is 9.59 Å². The van der Waals surface area contributed by atoms with Crippen LogP contribution in [0, 0.1) is 20.8 Å². The molecule has 0 spiro atoms. The number of amides is 3. The summed E-state index contributed by atoms with van der Waals surface area (Å²) < 4.78 is 5.43. The van der Waals surface area contributed by atoms with E-state index in [2.05, 4.69) is 25.7 Å². The van der Waals surface area contributed by atoms with Crippen LogP contribution in [0.2, 0.25) is 0 Å². The van der Waals surface area contributed by atoms with Crippen LogP contribution in [0.25, 0.3) is 11.4 Å². The summed E-state index contributed by atoms with van der Waals surface area (Å²) >= 11 is 0. The molecule has 0 atom stereocenters. The van der Waals surface area contributed by atoms with Crippen molar-refractivity contribution in [2.24, 2.45) is 0 Å². The maximum atomic E-state index is 12.3. The maximum absolute atomic E-state index is 12.3. The van der Waals surface area contributed by atoms with Crippen molar-refractivity contribution < 1.29 is 14.1 Å². The zero-order valence-electron chi connectivity index (χ0n) is 19.8. The topological polar surface area (TPSA) is 104 Å². The standard InChI is InChI=1S/C25H30N6O3/c1-17-7-9-20(10-8-17)24-28-23(34-29-24)16-31-13-11-30(12-14-31)15-22(32)27-25(33)26-21-6-4-5-18(2)19(21)3/h4-10H,11-16H2,1-3H3,(H2,26,27,32,33). The highest BCUT2D eigenvalue weighted by Crippen LogP contribution is 2.18. The van der Waals surface area contributed by atoms with Crippen molar-refractivity contribution >= 4 is 17.6 Å². The van der Waals surface area contributed by atoms with Gasteiger partial charge < -0.3 is 9.84 Å². The Morgan fingerprint density at radius 2 is 1.68 bits per heavy atom. The summed E-state index contributed by atoms with van der Waals surface area (Å²) in [4.78, 5) is 33.3. The fourth-order valence-corrected chi connectivity index (χ4v) is 3.85. The lowest BCUT2D eigenvalue weighted by Gasteiger charge is -2.33. The molecule has 3 amide bonds. The molecule has 9 heteroatoms. The van der Waals surface area contributed by atoms with Crippen molar-refractivity contribution in [1.82, 2.24) is 25.3 Å². The number of piperazine rings is 1. The molecular formula is C25H30N6O3. The highest BCUT2D eigenvalue weighted by Gasteiger charge is 2.22. The largest absolute Gasteiger partial charge is 0.338 e. The number of aryl methyl sites for hydroxylation is 2. The van der Waals surface area contributed by atoms with Gasteiger partial charge in [0, 0.05) is 37.4 Å². The molecule has 0 radical (unpaired) electrons. The second-order valence-electron chi connectivity index (χ2n) is 8.68. The summed E-state index contributed by atoms with van der Waals surface area (Å²) in [5.74, 6) is 0.838. The van der Waals surface area contributed by atoms with Gasteiger partial charge in [0.05, 0.1) is 13.1 Å². The Labute approximate surface area is 199 Å². The first kappa shape index (κ1) is 23.6. The number of urea groups is 1. The molecule has 1 aliphatic rings. The van der Waals surface area contributed by atoms with Gasteiger partial charge in [-0.3, -0.25) is 19.9 Å². The van der Waals surface area contributed by atoms with Crippen molar-refractivity contribution in [3.63, 3.8) is 0 Å². The number of carbonyl (C=O) groups is 2. The zero-order valence-corrected chi connectivity index (χ0v) is 19.8. The number of imide groups is 1. The summed E-state index contributed by atoms with van der Waals surface area (Å²) in [7, 11) is 0. The molecule has 0 unspecified atom stereocenters. The van der Waals surface area contributed by atoms with Crippen LogP contribution in [0.4, 0.5) is 10.5 Å². The number of benzene rings is 2. The molecule has 0 bridgehead atoms. The lowest BCUT2D eigenvalue weighted by Crippen LogP contribution is -2.50. The van der Waals surface area contributed by atoms with Gasteiger partial charge in [0.1, 0.15) is 0 Å². The highest BCUT2D eigenvalue weighted by molar-refractivity contribution is 6.02. The quantitative estimate of drug-likeness (QED) is 0.580. The van der Waals surface area contributed by atoms with Crippen LogP contribution in [-0.2, 0) is 11.3 Å². The Morgan fingerprint density at radius 3 is 2.41 bits per heavy atom. The van der Waals surface area contributed by atoms with Crippen molar-refractivity contribution in [3.05, 3.63) is 65.0 Å². The van der Waals surface area contributed by atoms with Gasteiger partial charge in [0.25, 0.3) is 0 Å². The molecule has 1 aliphatic heterocycles. The molecule has 1 aromatic heterocycles. The minimum Gasteiger partial charge on any atom is -0.338 e. The van der Waals surface area contributed by atoms with E-state index >= 15 is 0 Å². The first-order chi connectivity index (χ1) is 16.4. The smallest absolute Gasteiger partial charge is 0.325 e. The number of carbonyl (C=O) groups excluding carboxylic acids is 2. The Bertz CT molecular complexity index is 1150. The van der Waals surface area contributed by atoms with Crippen molar-refractivity contribution in [1.29, 1.82) is 0 Å². The molecule has 0 aliphatic carbocycles. The molecule has 3 aromatic rings. The van der Waals surface area contributed by atoms with Gasteiger partial charge in [-0.1, -0.05) is 47.1 Å². The van der Waals surface area contributed by atoms with E-state index in [1.54, 1.807) is 0 Å². The fraction of sp³-hybridized carbons (Fsp3) is 0.360. The molecule has 1 fully saturated rings. The first-order valence-electron chi connectivity index (χ1n) is 11.4. The summed E-state index contributed by atoms with van der Waals surface area (Å²) in [6.07, 6.45) is 0. The summed E-state index contributed by atoms with van der Waals surface area (Å²) in [6, 6.07) is 13.2. The third kappa shape index (κ3) is 6.06. The van der Waals surface area contributed by atoms with E-state index in [0.717, 1.165) is 29.8 Å². The molecule has 2 aromatic carbocycles. The number of rotatable bonds is 6. The first-order valence-corrected chi connectivity index (χ1v) is 11.4. The maximum Gasteiger partial charge on any atom is 0.325 e. The van der Waals surface area contributed by atoms with Crippen LogP contribution < -0.4 is 10.6 Å². The molecule has 4 rings (SSSR count). The second kappa shape index (κ2) is 10.6. The minimum absolute atomic E-state index is 0.173. The monoisotopic (exact) mass is 462 g/mol. The molecule has 178 valence electrons. The molecule has 1 saturated heterocycles. The predicted octanol–water partition coefficient (Wildman–Crippen LogP) is 3.13.